The molecule has 2 saturated heterocycles. The first-order valence-electron chi connectivity index (χ1n) is 13.6. The molecule has 2 aromatic rings. The number of aromatic nitrogens is 1. The van der Waals surface area contributed by atoms with E-state index in [-0.39, 0.29) is 24.8 Å². The number of carbonyl (C=O) groups is 1. The van der Waals surface area contributed by atoms with Gasteiger partial charge in [0.25, 0.3) is 0 Å². The van der Waals surface area contributed by atoms with E-state index in [4.69, 9.17) is 0 Å². The monoisotopic (exact) mass is 547 g/mol. The molecule has 1 N–H and O–H groups in total. The van der Waals surface area contributed by atoms with E-state index in [1.54, 1.807) is 6.07 Å². The van der Waals surface area contributed by atoms with Crippen molar-refractivity contribution in [1.82, 2.24) is 14.8 Å². The van der Waals surface area contributed by atoms with Gasteiger partial charge in [0.05, 0.1) is 0 Å². The molecule has 3 heterocycles. The molecule has 0 bridgehead atoms. The summed E-state index contributed by atoms with van der Waals surface area (Å²) in [4.78, 5) is 23.0. The van der Waals surface area contributed by atoms with E-state index >= 15 is 0 Å². The fourth-order valence-electron chi connectivity index (χ4n) is 5.22. The zero-order valence-corrected chi connectivity index (χ0v) is 22.7. The summed E-state index contributed by atoms with van der Waals surface area (Å²) in [7, 11) is 0. The number of alkyl halides is 3. The minimum atomic E-state index is -4.46. The van der Waals surface area contributed by atoms with Gasteiger partial charge in [-0.05, 0) is 61.1 Å². The molecule has 0 spiro atoms. The van der Waals surface area contributed by atoms with E-state index in [0.29, 0.717) is 38.0 Å². The van der Waals surface area contributed by atoms with E-state index in [9.17, 15) is 18.0 Å². The molecule has 6 nitrogen and oxygen atoms in total. The second kappa shape index (κ2) is 13.0. The predicted octanol–water partition coefficient (Wildman–Crippen LogP) is 6.04. The first kappa shape index (κ1) is 30.7. The molecule has 0 atom stereocenters. The van der Waals surface area contributed by atoms with Crippen molar-refractivity contribution >= 4 is 17.3 Å². The zero-order valence-electron chi connectivity index (χ0n) is 22.7. The van der Waals surface area contributed by atoms with Gasteiger partial charge < -0.3 is 20.0 Å². The van der Waals surface area contributed by atoms with Crippen LogP contribution in [-0.4, -0.2) is 72.5 Å². The van der Waals surface area contributed by atoms with Gasteiger partial charge in [0.15, 0.2) is 0 Å². The number of hydrogen-bond donors (Lipinski definition) is 1. The van der Waals surface area contributed by atoms with Crippen LogP contribution in [0.25, 0.3) is 0 Å². The van der Waals surface area contributed by atoms with Crippen LogP contribution < -0.4 is 10.2 Å². The molecule has 9 heteroatoms. The highest BCUT2D eigenvalue weighted by atomic mass is 19.4. The molecule has 2 aliphatic heterocycles. The molecule has 2 fully saturated rings. The van der Waals surface area contributed by atoms with Crippen molar-refractivity contribution in [3.8, 4) is 0 Å². The molecule has 216 valence electrons. The number of pyridine rings is 1. The zero-order chi connectivity index (χ0) is 27.3. The van der Waals surface area contributed by atoms with Gasteiger partial charge in [-0.2, -0.15) is 13.2 Å². The van der Waals surface area contributed by atoms with Crippen LogP contribution in [0, 0.1) is 0 Å². The minimum absolute atomic E-state index is 0. The fraction of sp³-hybridized carbons (Fsp3) is 0.600. The summed E-state index contributed by atoms with van der Waals surface area (Å²) in [5.41, 5.74) is 2.26. The van der Waals surface area contributed by atoms with Gasteiger partial charge in [-0.1, -0.05) is 40.3 Å². The number of carbonyl (C=O) groups excluding carboxylic acids is 1. The number of anilines is 2. The smallest absolute Gasteiger partial charge is 0.382 e. The second-order valence-corrected chi connectivity index (χ2v) is 11.5. The highest BCUT2D eigenvalue weighted by Gasteiger charge is 2.33. The number of benzene rings is 1. The average molecular weight is 548 g/mol. The van der Waals surface area contributed by atoms with Crippen LogP contribution >= 0.6 is 0 Å². The van der Waals surface area contributed by atoms with Gasteiger partial charge in [-0.3, -0.25) is 9.78 Å². The van der Waals surface area contributed by atoms with Crippen molar-refractivity contribution in [2.45, 2.75) is 71.5 Å². The number of hydrogen-bond acceptors (Lipinski definition) is 5. The summed E-state index contributed by atoms with van der Waals surface area (Å²) in [6.07, 6.45) is -0.301. The average Bonchev–Trinajstić information content (AvgIpc) is 3.13. The number of likely N-dealkylation sites (tertiary alicyclic amines) is 1. The second-order valence-electron chi connectivity index (χ2n) is 11.5. The first-order chi connectivity index (χ1) is 18.0. The van der Waals surface area contributed by atoms with Crippen LogP contribution in [0.2, 0.25) is 0 Å². The Morgan fingerprint density at radius 1 is 0.974 bits per heavy atom. The lowest BCUT2D eigenvalue weighted by molar-refractivity contribution is -0.141. The lowest BCUT2D eigenvalue weighted by Crippen LogP contribution is -2.43. The van der Waals surface area contributed by atoms with Gasteiger partial charge in [0, 0.05) is 69.3 Å². The summed E-state index contributed by atoms with van der Waals surface area (Å²) in [6.45, 7) is 12.6. The molecule has 0 radical (unpaired) electrons. The Balaban J connectivity index is 0.00000420. The van der Waals surface area contributed by atoms with Crippen LogP contribution in [0.1, 0.15) is 65.1 Å². The van der Waals surface area contributed by atoms with E-state index in [0.717, 1.165) is 45.2 Å². The Bertz CT molecular complexity index is 1060. The lowest BCUT2D eigenvalue weighted by atomic mass is 9.87. The molecular weight excluding hydrogens is 503 g/mol. The maximum absolute atomic E-state index is 12.9. The number of amides is 1. The summed E-state index contributed by atoms with van der Waals surface area (Å²) < 4.78 is 38.8. The van der Waals surface area contributed by atoms with Crippen LogP contribution in [0.15, 0.2) is 42.6 Å². The lowest BCUT2D eigenvalue weighted by Gasteiger charge is -2.33. The van der Waals surface area contributed by atoms with Gasteiger partial charge in [0.1, 0.15) is 5.69 Å². The number of piperidine rings is 1. The van der Waals surface area contributed by atoms with Crippen LogP contribution in [0.5, 0.6) is 0 Å². The largest absolute Gasteiger partial charge is 0.433 e. The summed E-state index contributed by atoms with van der Waals surface area (Å²) in [5, 5.41) is 3.18. The van der Waals surface area contributed by atoms with E-state index in [1.807, 2.05) is 4.90 Å². The SMILES string of the molecule is C.CC(C)(C)c1ccc(N2CCCN(CCC(=O)N3CCC(Nc4ccnc(C(F)(F)F)c4)CC3)CC2)cc1. The normalized spacial score (nSPS) is 17.9. The molecule has 4 rings (SSSR count). The Morgan fingerprint density at radius 3 is 2.31 bits per heavy atom. The van der Waals surface area contributed by atoms with E-state index in [1.165, 1.54) is 17.4 Å². The molecule has 1 aromatic carbocycles. The number of nitrogens with zero attached hydrogens (tertiary/aromatic N) is 4. The summed E-state index contributed by atoms with van der Waals surface area (Å²) in [6, 6.07) is 11.5. The van der Waals surface area contributed by atoms with Crippen LogP contribution in [-0.2, 0) is 16.4 Å². The number of halogens is 3. The van der Waals surface area contributed by atoms with E-state index < -0.39 is 11.9 Å². The Labute approximate surface area is 231 Å². The van der Waals surface area contributed by atoms with Crippen LogP contribution in [0.4, 0.5) is 24.5 Å². The third-order valence-corrected chi connectivity index (χ3v) is 7.60. The molecule has 2 aliphatic rings. The van der Waals surface area contributed by atoms with Gasteiger partial charge in [0.2, 0.25) is 5.91 Å². The van der Waals surface area contributed by atoms with Crippen molar-refractivity contribution < 1.29 is 18.0 Å². The standard InChI is InChI=1S/C29H40F3N5O.CH4/c1-28(2,3)22-5-7-25(8-6-22)36-15-4-14-35(19-20-36)16-12-27(38)37-17-10-23(11-18-37)34-24-9-13-33-26(21-24)29(30,31)32;/h5-9,13,21,23H,4,10-12,14-20H2,1-3H3,(H,33,34);1H4. The minimum Gasteiger partial charge on any atom is -0.382 e. The van der Waals surface area contributed by atoms with E-state index in [2.05, 4.69) is 65.1 Å². The van der Waals surface area contributed by atoms with Crippen molar-refractivity contribution in [3.63, 3.8) is 0 Å². The quantitative estimate of drug-likeness (QED) is 0.478. The predicted molar refractivity (Wildman–Crippen MR) is 152 cm³/mol. The van der Waals surface area contributed by atoms with Crippen LogP contribution in [0.3, 0.4) is 0 Å². The number of nitrogens with one attached hydrogen (secondary N) is 1. The van der Waals surface area contributed by atoms with Crippen molar-refractivity contribution in [2.24, 2.45) is 0 Å². The van der Waals surface area contributed by atoms with Gasteiger partial charge >= 0.3 is 6.18 Å². The van der Waals surface area contributed by atoms with Gasteiger partial charge in [-0.25, -0.2) is 0 Å². The summed E-state index contributed by atoms with van der Waals surface area (Å²) in [5.74, 6) is 0.158. The van der Waals surface area contributed by atoms with Crippen molar-refractivity contribution in [3.05, 3.63) is 53.9 Å². The Kier molecular flexibility index (Phi) is 10.3. The third-order valence-electron chi connectivity index (χ3n) is 7.60. The maximum Gasteiger partial charge on any atom is 0.433 e. The highest BCUT2D eigenvalue weighted by Crippen LogP contribution is 2.29. The highest BCUT2D eigenvalue weighted by molar-refractivity contribution is 5.76. The molecule has 39 heavy (non-hydrogen) atoms. The third kappa shape index (κ3) is 8.59. The molecule has 0 unspecified atom stereocenters. The number of rotatable bonds is 6. The summed E-state index contributed by atoms with van der Waals surface area (Å²) >= 11 is 0. The topological polar surface area (TPSA) is 51.7 Å². The fourth-order valence-corrected chi connectivity index (χ4v) is 5.22. The first-order valence-corrected chi connectivity index (χ1v) is 13.6. The maximum atomic E-state index is 12.9. The Hall–Kier alpha value is -2.81. The molecule has 0 saturated carbocycles. The molecule has 1 amide bonds. The Morgan fingerprint density at radius 2 is 1.67 bits per heavy atom. The van der Waals surface area contributed by atoms with Gasteiger partial charge in [-0.15, -0.1) is 0 Å². The molecule has 0 aliphatic carbocycles. The van der Waals surface area contributed by atoms with Crippen molar-refractivity contribution in [2.75, 3.05) is 56.0 Å². The van der Waals surface area contributed by atoms with Crippen molar-refractivity contribution in [1.29, 1.82) is 0 Å². The molecular formula is C30H44F3N5O. The molecule has 1 aromatic heterocycles.